The molecule has 1 aromatic rings. The zero-order valence-corrected chi connectivity index (χ0v) is 10.7. The average Bonchev–Trinajstić information content (AvgIpc) is 2.04. The summed E-state index contributed by atoms with van der Waals surface area (Å²) in [4.78, 5) is 16.9. The maximum absolute atomic E-state index is 11.1. The Labute approximate surface area is 108 Å². The largest absolute Gasteiger partial charge is 1.00 e. The van der Waals surface area contributed by atoms with Gasteiger partial charge >= 0.3 is 35.5 Å². The van der Waals surface area contributed by atoms with Gasteiger partial charge in [0, 0.05) is 6.20 Å². The number of carbonyl (C=O) groups is 1. The minimum atomic E-state index is -0.689. The van der Waals surface area contributed by atoms with E-state index in [0.717, 1.165) is 6.20 Å². The van der Waals surface area contributed by atoms with Crippen molar-refractivity contribution in [3.8, 4) is 5.88 Å². The summed E-state index contributed by atoms with van der Waals surface area (Å²) in [6.45, 7) is 1.87. The van der Waals surface area contributed by atoms with Crippen LogP contribution in [0.1, 0.15) is 17.3 Å². The molecule has 0 atom stereocenters. The van der Waals surface area contributed by atoms with Crippen LogP contribution in [-0.2, 0) is 4.74 Å². The van der Waals surface area contributed by atoms with Gasteiger partial charge in [-0.3, -0.25) is 0 Å². The van der Waals surface area contributed by atoms with Gasteiger partial charge in [-0.15, -0.1) is 0 Å². The van der Waals surface area contributed by atoms with E-state index in [2.05, 4.69) is 26.9 Å². The topological polar surface area (TPSA) is 78.0 Å². The van der Waals surface area contributed by atoms with E-state index in [1.165, 1.54) is 0 Å². The number of rotatable bonds is 2. The molecule has 0 bridgehead atoms. The molecule has 0 saturated heterocycles. The van der Waals surface area contributed by atoms with E-state index in [-0.39, 0.29) is 46.5 Å². The van der Waals surface area contributed by atoms with Gasteiger partial charge in [-0.25, -0.2) is 9.78 Å². The molecule has 5 nitrogen and oxygen atoms in total. The first-order valence-electron chi connectivity index (χ1n) is 3.58. The molecule has 1 N–H and O–H groups in total. The van der Waals surface area contributed by atoms with Crippen LogP contribution < -0.4 is 34.7 Å². The van der Waals surface area contributed by atoms with Gasteiger partial charge in [-0.2, -0.15) is 0 Å². The molecule has 70 valence electrons. The third-order valence-corrected chi connectivity index (χ3v) is 1.48. The zero-order chi connectivity index (χ0) is 9.84. The SMILES string of the molecule is CCOC(=O)c1cnc(=S)[nH]c1[O-].[Na+]. The molecule has 1 rings (SSSR count). The van der Waals surface area contributed by atoms with Crippen LogP contribution >= 0.6 is 12.2 Å². The maximum Gasteiger partial charge on any atom is 1.00 e. The molecule has 0 aliphatic carbocycles. The van der Waals surface area contributed by atoms with Crippen LogP contribution in [0.5, 0.6) is 5.88 Å². The number of nitrogens with one attached hydrogen (secondary N) is 1. The first kappa shape index (κ1) is 13.6. The molecule has 7 heteroatoms. The van der Waals surface area contributed by atoms with Crippen LogP contribution in [0.3, 0.4) is 0 Å². The van der Waals surface area contributed by atoms with Gasteiger partial charge in [0.1, 0.15) is 0 Å². The maximum atomic E-state index is 11.1. The zero-order valence-electron chi connectivity index (χ0n) is 7.86. The van der Waals surface area contributed by atoms with Crippen molar-refractivity contribution in [2.45, 2.75) is 6.92 Å². The Morgan fingerprint density at radius 3 is 2.93 bits per heavy atom. The van der Waals surface area contributed by atoms with Crippen molar-refractivity contribution in [2.75, 3.05) is 6.61 Å². The van der Waals surface area contributed by atoms with Gasteiger partial charge in [0.2, 0.25) is 0 Å². The summed E-state index contributed by atoms with van der Waals surface area (Å²) in [5.74, 6) is -1.26. The van der Waals surface area contributed by atoms with Crippen molar-refractivity contribution in [2.24, 2.45) is 0 Å². The van der Waals surface area contributed by atoms with Crippen LogP contribution in [0.2, 0.25) is 0 Å². The van der Waals surface area contributed by atoms with Crippen LogP contribution in [0.25, 0.3) is 0 Å². The van der Waals surface area contributed by atoms with Gasteiger partial charge in [0.25, 0.3) is 0 Å². The Balaban J connectivity index is 0.00000169. The standard InChI is InChI=1S/C7H8N2O3S.Na/c1-2-12-6(11)4-3-8-7(13)9-5(4)10;/h3H,2H2,1H3,(H2,8,9,10,13);/q;+1/p-1. The molecular formula is C7H7N2NaO3S. The van der Waals surface area contributed by atoms with E-state index >= 15 is 0 Å². The Morgan fingerprint density at radius 1 is 1.79 bits per heavy atom. The van der Waals surface area contributed by atoms with E-state index in [1.54, 1.807) is 6.92 Å². The predicted octanol–water partition coefficient (Wildman–Crippen LogP) is -2.61. The summed E-state index contributed by atoms with van der Waals surface area (Å²) in [6, 6.07) is 0. The van der Waals surface area contributed by atoms with Gasteiger partial charge in [0.05, 0.1) is 12.2 Å². The molecule has 0 fully saturated rings. The molecule has 14 heavy (non-hydrogen) atoms. The van der Waals surface area contributed by atoms with E-state index in [1.807, 2.05) is 0 Å². The number of hydrogen-bond acceptors (Lipinski definition) is 5. The van der Waals surface area contributed by atoms with Crippen LogP contribution in [0.4, 0.5) is 0 Å². The normalized spacial score (nSPS) is 8.93. The molecule has 0 spiro atoms. The second kappa shape index (κ2) is 6.13. The molecule has 0 aliphatic rings. The molecular weight excluding hydrogens is 215 g/mol. The molecule has 1 heterocycles. The van der Waals surface area contributed by atoms with Crippen molar-refractivity contribution in [3.63, 3.8) is 0 Å². The van der Waals surface area contributed by atoms with E-state index in [4.69, 9.17) is 0 Å². The van der Waals surface area contributed by atoms with E-state index < -0.39 is 11.8 Å². The summed E-state index contributed by atoms with van der Waals surface area (Å²) in [5, 5.41) is 11.1. The molecule has 0 radical (unpaired) electrons. The van der Waals surface area contributed by atoms with Crippen molar-refractivity contribution in [1.82, 2.24) is 9.97 Å². The number of H-pyrrole nitrogens is 1. The first-order valence-corrected chi connectivity index (χ1v) is 3.99. The first-order chi connectivity index (χ1) is 6.15. The quantitative estimate of drug-likeness (QED) is 0.337. The van der Waals surface area contributed by atoms with Gasteiger partial charge < -0.3 is 14.8 Å². The van der Waals surface area contributed by atoms with Crippen molar-refractivity contribution in [1.29, 1.82) is 0 Å². The van der Waals surface area contributed by atoms with Gasteiger partial charge in [-0.1, -0.05) is 0 Å². The summed E-state index contributed by atoms with van der Waals surface area (Å²) in [5.41, 5.74) is -0.129. The summed E-state index contributed by atoms with van der Waals surface area (Å²) in [6.07, 6.45) is 1.11. The van der Waals surface area contributed by atoms with Crippen LogP contribution in [0.15, 0.2) is 6.20 Å². The van der Waals surface area contributed by atoms with E-state index in [9.17, 15) is 9.90 Å². The number of aromatic amines is 1. The molecule has 0 aromatic carbocycles. The van der Waals surface area contributed by atoms with Gasteiger partial charge in [-0.05, 0) is 25.0 Å². The second-order valence-corrected chi connectivity index (χ2v) is 2.54. The number of aromatic nitrogens is 2. The number of ether oxygens (including phenoxy) is 1. The predicted molar refractivity (Wildman–Crippen MR) is 44.8 cm³/mol. The number of esters is 1. The molecule has 0 aliphatic heterocycles. The minimum absolute atomic E-state index is 0. The number of hydrogen-bond donors (Lipinski definition) is 1. The summed E-state index contributed by atoms with van der Waals surface area (Å²) >= 11 is 4.59. The summed E-state index contributed by atoms with van der Waals surface area (Å²) in [7, 11) is 0. The Hall–Kier alpha value is -0.430. The fraction of sp³-hybridized carbons (Fsp3) is 0.286. The fourth-order valence-electron chi connectivity index (χ4n) is 0.733. The molecule has 0 saturated carbocycles. The van der Waals surface area contributed by atoms with Crippen LogP contribution in [-0.4, -0.2) is 22.5 Å². The smallest absolute Gasteiger partial charge is 0.860 e. The summed E-state index contributed by atoms with van der Waals surface area (Å²) < 4.78 is 4.67. The Kier molecular flexibility index (Phi) is 5.94. The number of carbonyl (C=O) groups excluding carboxylic acids is 1. The van der Waals surface area contributed by atoms with Crippen molar-refractivity contribution >= 4 is 18.2 Å². The Morgan fingerprint density at radius 2 is 2.43 bits per heavy atom. The third-order valence-electron chi connectivity index (χ3n) is 1.27. The Bertz CT molecular complexity index is 379. The van der Waals surface area contributed by atoms with E-state index in [0.29, 0.717) is 0 Å². The van der Waals surface area contributed by atoms with Crippen LogP contribution in [0, 0.1) is 4.77 Å². The third kappa shape index (κ3) is 3.38. The second-order valence-electron chi connectivity index (χ2n) is 2.15. The minimum Gasteiger partial charge on any atom is -0.860 e. The number of nitrogens with zero attached hydrogens (tertiary/aromatic N) is 1. The van der Waals surface area contributed by atoms with Crippen molar-refractivity contribution in [3.05, 3.63) is 16.5 Å². The monoisotopic (exact) mass is 222 g/mol. The van der Waals surface area contributed by atoms with Gasteiger partial charge in [0.15, 0.2) is 4.77 Å². The molecule has 0 amide bonds. The van der Waals surface area contributed by atoms with Crippen molar-refractivity contribution < 1.29 is 44.2 Å². The molecule has 0 unspecified atom stereocenters. The molecule has 1 aromatic heterocycles. The fourth-order valence-corrected chi connectivity index (χ4v) is 0.878. The average molecular weight is 222 g/mol.